The van der Waals surface area contributed by atoms with Gasteiger partial charge in [0.2, 0.25) is 0 Å². The summed E-state index contributed by atoms with van der Waals surface area (Å²) >= 11 is 11.7. The predicted molar refractivity (Wildman–Crippen MR) is 72.7 cm³/mol. The molecule has 4 nitrogen and oxygen atoms in total. The van der Waals surface area contributed by atoms with E-state index < -0.39 is 6.10 Å². The third kappa shape index (κ3) is 6.42. The van der Waals surface area contributed by atoms with E-state index in [0.717, 1.165) is 0 Å². The van der Waals surface area contributed by atoms with Gasteiger partial charge in [-0.2, -0.15) is 0 Å². The van der Waals surface area contributed by atoms with Crippen molar-refractivity contribution >= 4 is 23.2 Å². The standard InChI is InChI=1S/C12H17Cl2NO3/c1-17-3-2-15-7-11(16)8-18-12-5-9(13)4-10(14)6-12/h4-6,11,15-16H,2-3,7-8H2,1H3. The quantitative estimate of drug-likeness (QED) is 0.720. The molecule has 18 heavy (non-hydrogen) atoms. The summed E-state index contributed by atoms with van der Waals surface area (Å²) in [6.07, 6.45) is -0.598. The molecule has 1 aromatic rings. The van der Waals surface area contributed by atoms with Gasteiger partial charge in [0.15, 0.2) is 0 Å². The van der Waals surface area contributed by atoms with Gasteiger partial charge >= 0.3 is 0 Å². The second-order valence-electron chi connectivity index (χ2n) is 3.77. The van der Waals surface area contributed by atoms with E-state index in [0.29, 0.717) is 35.5 Å². The van der Waals surface area contributed by atoms with E-state index in [1.165, 1.54) is 0 Å². The molecule has 0 spiro atoms. The molecule has 1 atom stereocenters. The second-order valence-corrected chi connectivity index (χ2v) is 4.64. The van der Waals surface area contributed by atoms with Crippen LogP contribution >= 0.6 is 23.2 Å². The molecule has 0 bridgehead atoms. The molecule has 102 valence electrons. The van der Waals surface area contributed by atoms with E-state index in [4.69, 9.17) is 32.7 Å². The smallest absolute Gasteiger partial charge is 0.122 e. The Morgan fingerprint density at radius 1 is 1.28 bits per heavy atom. The Hall–Kier alpha value is -0.520. The van der Waals surface area contributed by atoms with E-state index in [9.17, 15) is 5.11 Å². The predicted octanol–water partition coefficient (Wildman–Crippen LogP) is 1.97. The zero-order chi connectivity index (χ0) is 13.4. The van der Waals surface area contributed by atoms with Crippen molar-refractivity contribution in [3.63, 3.8) is 0 Å². The lowest BCUT2D eigenvalue weighted by molar-refractivity contribution is 0.103. The largest absolute Gasteiger partial charge is 0.491 e. The van der Waals surface area contributed by atoms with Gasteiger partial charge in [0.1, 0.15) is 18.5 Å². The van der Waals surface area contributed by atoms with E-state index in [1.54, 1.807) is 25.3 Å². The number of benzene rings is 1. The number of ether oxygens (including phenoxy) is 2. The van der Waals surface area contributed by atoms with E-state index in [-0.39, 0.29) is 6.61 Å². The summed E-state index contributed by atoms with van der Waals surface area (Å²) in [5.74, 6) is 0.545. The molecule has 1 rings (SSSR count). The zero-order valence-electron chi connectivity index (χ0n) is 10.2. The lowest BCUT2D eigenvalue weighted by Crippen LogP contribution is -2.33. The van der Waals surface area contributed by atoms with Crippen LogP contribution in [0, 0.1) is 0 Å². The number of nitrogens with one attached hydrogen (secondary N) is 1. The van der Waals surface area contributed by atoms with Crippen molar-refractivity contribution in [2.75, 3.05) is 33.4 Å². The first-order chi connectivity index (χ1) is 8.61. The summed E-state index contributed by atoms with van der Waals surface area (Å²) in [7, 11) is 1.63. The monoisotopic (exact) mass is 293 g/mol. The topological polar surface area (TPSA) is 50.7 Å². The highest BCUT2D eigenvalue weighted by atomic mass is 35.5. The van der Waals surface area contributed by atoms with Crippen LogP contribution in [0.4, 0.5) is 0 Å². The van der Waals surface area contributed by atoms with E-state index >= 15 is 0 Å². The fraction of sp³-hybridized carbons (Fsp3) is 0.500. The van der Waals surface area contributed by atoms with Crippen LogP contribution in [0.5, 0.6) is 5.75 Å². The molecule has 0 amide bonds. The van der Waals surface area contributed by atoms with Gasteiger partial charge in [-0.1, -0.05) is 23.2 Å². The Kier molecular flexibility index (Phi) is 7.39. The summed E-state index contributed by atoms with van der Waals surface area (Å²) in [6, 6.07) is 4.93. The molecule has 6 heteroatoms. The number of methoxy groups -OCH3 is 1. The van der Waals surface area contributed by atoms with Crippen LogP contribution in [0.15, 0.2) is 18.2 Å². The average Bonchev–Trinajstić information content (AvgIpc) is 2.31. The second kappa shape index (κ2) is 8.56. The Morgan fingerprint density at radius 3 is 2.56 bits per heavy atom. The maximum Gasteiger partial charge on any atom is 0.122 e. The maximum atomic E-state index is 9.65. The van der Waals surface area contributed by atoms with Crippen LogP contribution in [0.25, 0.3) is 0 Å². The lowest BCUT2D eigenvalue weighted by atomic mass is 10.3. The Bertz CT molecular complexity index is 343. The molecular formula is C12H17Cl2NO3. The Balaban J connectivity index is 2.26. The molecule has 0 aliphatic rings. The third-order valence-corrected chi connectivity index (χ3v) is 2.58. The molecule has 0 saturated heterocycles. The Morgan fingerprint density at radius 2 is 1.94 bits per heavy atom. The van der Waals surface area contributed by atoms with Crippen molar-refractivity contribution in [2.24, 2.45) is 0 Å². The Labute approximate surface area is 117 Å². The van der Waals surface area contributed by atoms with Gasteiger partial charge in [0.05, 0.1) is 6.61 Å². The highest BCUT2D eigenvalue weighted by molar-refractivity contribution is 6.34. The minimum Gasteiger partial charge on any atom is -0.491 e. The lowest BCUT2D eigenvalue weighted by Gasteiger charge is -2.13. The van der Waals surface area contributed by atoms with Crippen LogP contribution in [-0.2, 0) is 4.74 Å². The number of halogens is 2. The molecular weight excluding hydrogens is 277 g/mol. The molecule has 2 N–H and O–H groups in total. The van der Waals surface area contributed by atoms with E-state index in [1.807, 2.05) is 0 Å². The van der Waals surface area contributed by atoms with Crippen molar-refractivity contribution in [3.8, 4) is 5.75 Å². The van der Waals surface area contributed by atoms with Crippen molar-refractivity contribution in [3.05, 3.63) is 28.2 Å². The first-order valence-corrected chi connectivity index (χ1v) is 6.34. The summed E-state index contributed by atoms with van der Waals surface area (Å²) in [6.45, 7) is 1.92. The van der Waals surface area contributed by atoms with Gasteiger partial charge in [-0.05, 0) is 18.2 Å². The maximum absolute atomic E-state index is 9.65. The molecule has 0 aromatic heterocycles. The highest BCUT2D eigenvalue weighted by Crippen LogP contribution is 2.24. The third-order valence-electron chi connectivity index (χ3n) is 2.14. The summed E-state index contributed by atoms with van der Waals surface area (Å²) < 4.78 is 10.3. The minimum absolute atomic E-state index is 0.177. The number of rotatable bonds is 8. The van der Waals surface area contributed by atoms with Crippen molar-refractivity contribution in [1.29, 1.82) is 0 Å². The van der Waals surface area contributed by atoms with Crippen LogP contribution in [0.2, 0.25) is 10.0 Å². The van der Waals surface area contributed by atoms with Crippen LogP contribution < -0.4 is 10.1 Å². The number of hydrogen-bond acceptors (Lipinski definition) is 4. The minimum atomic E-state index is -0.598. The van der Waals surface area contributed by atoms with Gasteiger partial charge in [0, 0.05) is 30.2 Å². The molecule has 0 aliphatic carbocycles. The van der Waals surface area contributed by atoms with Crippen LogP contribution in [0.3, 0.4) is 0 Å². The molecule has 0 aliphatic heterocycles. The molecule has 0 fully saturated rings. The first-order valence-electron chi connectivity index (χ1n) is 5.58. The van der Waals surface area contributed by atoms with Crippen LogP contribution in [0.1, 0.15) is 0 Å². The van der Waals surface area contributed by atoms with Gasteiger partial charge < -0.3 is 19.9 Å². The summed E-state index contributed by atoms with van der Waals surface area (Å²) in [5, 5.41) is 13.7. The summed E-state index contributed by atoms with van der Waals surface area (Å²) in [4.78, 5) is 0. The molecule has 0 saturated carbocycles. The summed E-state index contributed by atoms with van der Waals surface area (Å²) in [5.41, 5.74) is 0. The molecule has 1 unspecified atom stereocenters. The fourth-order valence-electron chi connectivity index (χ4n) is 1.31. The van der Waals surface area contributed by atoms with Crippen molar-refractivity contribution in [1.82, 2.24) is 5.32 Å². The van der Waals surface area contributed by atoms with Gasteiger partial charge in [-0.3, -0.25) is 0 Å². The highest BCUT2D eigenvalue weighted by Gasteiger charge is 2.06. The van der Waals surface area contributed by atoms with Crippen LogP contribution in [-0.4, -0.2) is 44.6 Å². The average molecular weight is 294 g/mol. The van der Waals surface area contributed by atoms with Crippen molar-refractivity contribution < 1.29 is 14.6 Å². The SMILES string of the molecule is COCCNCC(O)COc1cc(Cl)cc(Cl)c1. The molecule has 0 radical (unpaired) electrons. The first kappa shape index (κ1) is 15.5. The van der Waals surface area contributed by atoms with Gasteiger partial charge in [-0.25, -0.2) is 0 Å². The molecule has 1 aromatic carbocycles. The number of hydrogen-bond donors (Lipinski definition) is 2. The van der Waals surface area contributed by atoms with E-state index in [2.05, 4.69) is 5.32 Å². The fourth-order valence-corrected chi connectivity index (χ4v) is 1.81. The zero-order valence-corrected chi connectivity index (χ0v) is 11.7. The molecule has 0 heterocycles. The number of aliphatic hydroxyl groups excluding tert-OH is 1. The van der Waals surface area contributed by atoms with Gasteiger partial charge in [-0.15, -0.1) is 0 Å². The van der Waals surface area contributed by atoms with Crippen molar-refractivity contribution in [2.45, 2.75) is 6.10 Å². The number of aliphatic hydroxyl groups is 1. The van der Waals surface area contributed by atoms with Gasteiger partial charge in [0.25, 0.3) is 0 Å². The normalized spacial score (nSPS) is 12.4.